The molecule has 0 aromatic heterocycles. The molecule has 166 valence electrons. The number of hydrogen-bond acceptors (Lipinski definition) is 3. The molecule has 5 rings (SSSR count). The van der Waals surface area contributed by atoms with Gasteiger partial charge < -0.3 is 0 Å². The fourth-order valence-corrected chi connectivity index (χ4v) is 5.42. The Bertz CT molecular complexity index is 990. The van der Waals surface area contributed by atoms with Gasteiger partial charge in [-0.05, 0) is 73.9 Å². The van der Waals surface area contributed by atoms with Crippen molar-refractivity contribution in [1.29, 1.82) is 0 Å². The van der Waals surface area contributed by atoms with Gasteiger partial charge in [0.05, 0.1) is 18.3 Å². The van der Waals surface area contributed by atoms with Crippen LogP contribution in [-0.4, -0.2) is 41.2 Å². The summed E-state index contributed by atoms with van der Waals surface area (Å²) in [6, 6.07) is 21.0. The van der Waals surface area contributed by atoms with E-state index in [1.807, 2.05) is 17.1 Å². The number of allylic oxidation sites excluding steroid dienone is 1. The first-order valence-corrected chi connectivity index (χ1v) is 12.1. The standard InChI is InChI=1S/C28H33N3O/c1-21-15-17-30(18-16-21)20-26(32)31-28(23-11-6-3-7-12-23)25-14-8-13-24(27(25)29-31)19-22-9-4-2-5-10-22/h2-7,9-12,19,21,25,28H,8,13-18,20H2,1H3. The van der Waals surface area contributed by atoms with Gasteiger partial charge in [-0.15, -0.1) is 0 Å². The van der Waals surface area contributed by atoms with Gasteiger partial charge in [-0.2, -0.15) is 5.10 Å². The molecule has 32 heavy (non-hydrogen) atoms. The fraction of sp³-hybridized carbons (Fsp3) is 0.429. The van der Waals surface area contributed by atoms with Gasteiger partial charge in [0, 0.05) is 5.92 Å². The van der Waals surface area contributed by atoms with E-state index < -0.39 is 0 Å². The molecule has 2 heterocycles. The number of carbonyl (C=O) groups is 1. The molecule has 3 aliphatic rings. The quantitative estimate of drug-likeness (QED) is 0.642. The maximum Gasteiger partial charge on any atom is 0.257 e. The van der Waals surface area contributed by atoms with E-state index in [9.17, 15) is 4.79 Å². The third-order valence-electron chi connectivity index (χ3n) is 7.27. The molecule has 0 N–H and O–H groups in total. The SMILES string of the molecule is CC1CCN(CC(=O)N2N=C3C(=Cc4ccccc4)CCCC3C2c2ccccc2)CC1. The fourth-order valence-electron chi connectivity index (χ4n) is 5.42. The summed E-state index contributed by atoms with van der Waals surface area (Å²) < 4.78 is 0. The molecule has 1 saturated carbocycles. The Labute approximate surface area is 191 Å². The minimum atomic E-state index is 0.00175. The maximum absolute atomic E-state index is 13.5. The number of piperidine rings is 1. The molecule has 4 nitrogen and oxygen atoms in total. The van der Waals surface area contributed by atoms with Crippen LogP contribution in [-0.2, 0) is 4.79 Å². The Kier molecular flexibility index (Phi) is 6.22. The van der Waals surface area contributed by atoms with Crippen molar-refractivity contribution in [3.63, 3.8) is 0 Å². The van der Waals surface area contributed by atoms with E-state index >= 15 is 0 Å². The highest BCUT2D eigenvalue weighted by Gasteiger charge is 2.43. The van der Waals surface area contributed by atoms with Crippen LogP contribution in [0.3, 0.4) is 0 Å². The van der Waals surface area contributed by atoms with Crippen molar-refractivity contribution in [1.82, 2.24) is 9.91 Å². The van der Waals surface area contributed by atoms with Crippen molar-refractivity contribution in [2.45, 2.75) is 45.1 Å². The van der Waals surface area contributed by atoms with Gasteiger partial charge in [-0.1, -0.05) is 67.6 Å². The van der Waals surface area contributed by atoms with Gasteiger partial charge >= 0.3 is 0 Å². The van der Waals surface area contributed by atoms with Gasteiger partial charge in [0.25, 0.3) is 5.91 Å². The van der Waals surface area contributed by atoms with Gasteiger partial charge in [-0.25, -0.2) is 5.01 Å². The highest BCUT2D eigenvalue weighted by Crippen LogP contribution is 2.44. The summed E-state index contributed by atoms with van der Waals surface area (Å²) in [4.78, 5) is 15.9. The minimum absolute atomic E-state index is 0.00175. The van der Waals surface area contributed by atoms with Crippen molar-refractivity contribution in [2.75, 3.05) is 19.6 Å². The molecule has 2 unspecified atom stereocenters. The number of fused-ring (bicyclic) bond motifs is 1. The molecular formula is C28H33N3O. The minimum Gasteiger partial charge on any atom is -0.294 e. The van der Waals surface area contributed by atoms with E-state index in [-0.39, 0.29) is 17.9 Å². The van der Waals surface area contributed by atoms with Gasteiger partial charge in [0.2, 0.25) is 0 Å². The van der Waals surface area contributed by atoms with Crippen LogP contribution in [0.25, 0.3) is 6.08 Å². The molecule has 2 fully saturated rings. The van der Waals surface area contributed by atoms with Gasteiger partial charge in [0.1, 0.15) is 0 Å². The number of rotatable bonds is 4. The molecule has 1 aliphatic carbocycles. The van der Waals surface area contributed by atoms with E-state index in [0.717, 1.165) is 44.0 Å². The van der Waals surface area contributed by atoms with Crippen LogP contribution in [0.2, 0.25) is 0 Å². The molecule has 0 spiro atoms. The first-order valence-electron chi connectivity index (χ1n) is 12.1. The first kappa shape index (κ1) is 21.1. The summed E-state index contributed by atoms with van der Waals surface area (Å²) >= 11 is 0. The van der Waals surface area contributed by atoms with Crippen molar-refractivity contribution in [3.05, 3.63) is 77.4 Å². The maximum atomic E-state index is 13.5. The molecule has 1 saturated heterocycles. The molecular weight excluding hydrogens is 394 g/mol. The van der Waals surface area contributed by atoms with Crippen molar-refractivity contribution < 1.29 is 4.79 Å². The van der Waals surface area contributed by atoms with Crippen LogP contribution in [0, 0.1) is 11.8 Å². The Morgan fingerprint density at radius 1 is 1.00 bits per heavy atom. The second-order valence-corrected chi connectivity index (χ2v) is 9.62. The number of benzene rings is 2. The highest BCUT2D eigenvalue weighted by atomic mass is 16.2. The third-order valence-corrected chi connectivity index (χ3v) is 7.27. The lowest BCUT2D eigenvalue weighted by atomic mass is 9.77. The Morgan fingerprint density at radius 2 is 1.69 bits per heavy atom. The predicted molar refractivity (Wildman–Crippen MR) is 130 cm³/mol. The van der Waals surface area contributed by atoms with Gasteiger partial charge in [0.15, 0.2) is 0 Å². The zero-order valence-corrected chi connectivity index (χ0v) is 19.0. The van der Waals surface area contributed by atoms with E-state index in [0.29, 0.717) is 6.54 Å². The van der Waals surface area contributed by atoms with E-state index in [2.05, 4.69) is 66.4 Å². The zero-order chi connectivity index (χ0) is 21.9. The average Bonchev–Trinajstić information content (AvgIpc) is 3.23. The molecule has 1 amide bonds. The van der Waals surface area contributed by atoms with Crippen molar-refractivity contribution in [3.8, 4) is 0 Å². The van der Waals surface area contributed by atoms with Crippen LogP contribution in [0.5, 0.6) is 0 Å². The smallest absolute Gasteiger partial charge is 0.257 e. The Hall–Kier alpha value is -2.72. The van der Waals surface area contributed by atoms with Crippen LogP contribution < -0.4 is 0 Å². The Balaban J connectivity index is 1.45. The molecule has 2 aromatic rings. The zero-order valence-electron chi connectivity index (χ0n) is 19.0. The molecule has 2 atom stereocenters. The largest absolute Gasteiger partial charge is 0.294 e. The second kappa shape index (κ2) is 9.41. The van der Waals surface area contributed by atoms with Crippen LogP contribution >= 0.6 is 0 Å². The van der Waals surface area contributed by atoms with Crippen molar-refractivity contribution in [2.24, 2.45) is 16.9 Å². The third kappa shape index (κ3) is 4.42. The van der Waals surface area contributed by atoms with Crippen LogP contribution in [0.4, 0.5) is 0 Å². The van der Waals surface area contributed by atoms with Crippen LogP contribution in [0.1, 0.15) is 56.2 Å². The number of hydrogen-bond donors (Lipinski definition) is 0. The molecule has 2 aromatic carbocycles. The summed E-state index contributed by atoms with van der Waals surface area (Å²) in [6.45, 7) is 4.80. The van der Waals surface area contributed by atoms with Crippen molar-refractivity contribution >= 4 is 17.7 Å². The highest BCUT2D eigenvalue weighted by molar-refractivity contribution is 6.08. The van der Waals surface area contributed by atoms with E-state index in [1.54, 1.807) is 0 Å². The number of amides is 1. The lowest BCUT2D eigenvalue weighted by molar-refractivity contribution is -0.135. The summed E-state index contributed by atoms with van der Waals surface area (Å²) in [5.74, 6) is 1.17. The first-order chi connectivity index (χ1) is 15.7. The van der Waals surface area contributed by atoms with E-state index in [4.69, 9.17) is 5.10 Å². The summed E-state index contributed by atoms with van der Waals surface area (Å²) in [7, 11) is 0. The normalized spacial score (nSPS) is 25.6. The number of likely N-dealkylation sites (tertiary alicyclic amines) is 1. The topological polar surface area (TPSA) is 35.9 Å². The lowest BCUT2D eigenvalue weighted by Gasteiger charge is -2.33. The monoisotopic (exact) mass is 427 g/mol. The van der Waals surface area contributed by atoms with Crippen LogP contribution in [0.15, 0.2) is 71.3 Å². The number of carbonyl (C=O) groups excluding carboxylic acids is 1. The number of nitrogens with zero attached hydrogens (tertiary/aromatic N) is 3. The molecule has 4 heteroatoms. The van der Waals surface area contributed by atoms with Gasteiger partial charge in [-0.3, -0.25) is 9.69 Å². The average molecular weight is 428 g/mol. The summed E-state index contributed by atoms with van der Waals surface area (Å²) in [6.07, 6.45) is 7.87. The summed E-state index contributed by atoms with van der Waals surface area (Å²) in [5, 5.41) is 6.86. The molecule has 2 aliphatic heterocycles. The van der Waals surface area contributed by atoms with E-state index in [1.165, 1.54) is 29.5 Å². The molecule has 0 bridgehead atoms. The predicted octanol–water partition coefficient (Wildman–Crippen LogP) is 5.54. The molecule has 0 radical (unpaired) electrons. The number of hydrazone groups is 1. The lowest BCUT2D eigenvalue weighted by Crippen LogP contribution is -2.42. The summed E-state index contributed by atoms with van der Waals surface area (Å²) in [5.41, 5.74) is 4.80. The Morgan fingerprint density at radius 3 is 2.41 bits per heavy atom. The second-order valence-electron chi connectivity index (χ2n) is 9.62.